The third kappa shape index (κ3) is 6.69. The Labute approximate surface area is 187 Å². The van der Waals surface area contributed by atoms with Crippen molar-refractivity contribution in [3.8, 4) is 11.5 Å². The van der Waals surface area contributed by atoms with Gasteiger partial charge in [-0.25, -0.2) is 0 Å². The number of hydrogen-bond donors (Lipinski definition) is 1. The van der Waals surface area contributed by atoms with Crippen LogP contribution in [0.5, 0.6) is 11.5 Å². The molecule has 172 valence electrons. The van der Waals surface area contributed by atoms with Crippen LogP contribution in [0.4, 0.5) is 5.69 Å². The highest BCUT2D eigenvalue weighted by atomic mass is 16.6. The van der Waals surface area contributed by atoms with Crippen LogP contribution in [0.25, 0.3) is 0 Å². The number of hydrogen-bond acceptors (Lipinski definition) is 6. The van der Waals surface area contributed by atoms with Crippen molar-refractivity contribution in [2.75, 3.05) is 13.7 Å². The smallest absolute Gasteiger partial charge is 0.311 e. The second-order valence-electron chi connectivity index (χ2n) is 7.47. The van der Waals surface area contributed by atoms with Crippen molar-refractivity contribution < 1.29 is 24.0 Å². The standard InChI is InChI=1S/C23H29N3O6/c1-5-19(23(28)24-16(2)3)25(14-17-9-7-6-8-10-17)22(27)15-32-18-11-12-20(26(29)30)21(13-18)31-4/h6-13,16,19H,5,14-15H2,1-4H3,(H,24,28)/t19-/m1/s1. The fraction of sp³-hybridized carbons (Fsp3) is 0.391. The predicted molar refractivity (Wildman–Crippen MR) is 119 cm³/mol. The number of nitro groups is 1. The zero-order valence-corrected chi connectivity index (χ0v) is 18.7. The quantitative estimate of drug-likeness (QED) is 0.421. The Bertz CT molecular complexity index is 933. The van der Waals surface area contributed by atoms with E-state index < -0.39 is 11.0 Å². The van der Waals surface area contributed by atoms with Crippen molar-refractivity contribution in [3.63, 3.8) is 0 Å². The molecule has 0 aliphatic heterocycles. The molecule has 0 aliphatic rings. The summed E-state index contributed by atoms with van der Waals surface area (Å²) >= 11 is 0. The summed E-state index contributed by atoms with van der Waals surface area (Å²) in [4.78, 5) is 37.9. The molecule has 0 heterocycles. The van der Waals surface area contributed by atoms with Gasteiger partial charge in [0, 0.05) is 24.7 Å². The summed E-state index contributed by atoms with van der Waals surface area (Å²) in [6.07, 6.45) is 0.433. The Kier molecular flexibility index (Phi) is 9.00. The largest absolute Gasteiger partial charge is 0.490 e. The van der Waals surface area contributed by atoms with E-state index in [4.69, 9.17) is 9.47 Å². The van der Waals surface area contributed by atoms with Gasteiger partial charge in [0.2, 0.25) is 11.7 Å². The molecule has 0 aliphatic carbocycles. The third-order valence-corrected chi connectivity index (χ3v) is 4.72. The lowest BCUT2D eigenvalue weighted by atomic mass is 10.1. The van der Waals surface area contributed by atoms with Gasteiger partial charge in [-0.3, -0.25) is 19.7 Å². The molecular formula is C23H29N3O6. The number of methoxy groups -OCH3 is 1. The Morgan fingerprint density at radius 2 is 1.84 bits per heavy atom. The summed E-state index contributed by atoms with van der Waals surface area (Å²) in [5.74, 6) is -0.329. The zero-order chi connectivity index (χ0) is 23.7. The van der Waals surface area contributed by atoms with Gasteiger partial charge in [0.05, 0.1) is 12.0 Å². The number of rotatable bonds is 11. The topological polar surface area (TPSA) is 111 Å². The molecular weight excluding hydrogens is 414 g/mol. The van der Waals surface area contributed by atoms with Crippen LogP contribution in [0.3, 0.4) is 0 Å². The summed E-state index contributed by atoms with van der Waals surface area (Å²) in [5.41, 5.74) is 0.682. The van der Waals surface area contributed by atoms with E-state index in [0.717, 1.165) is 5.56 Å². The van der Waals surface area contributed by atoms with Crippen LogP contribution >= 0.6 is 0 Å². The molecule has 1 N–H and O–H groups in total. The van der Waals surface area contributed by atoms with Crippen LogP contribution in [-0.2, 0) is 16.1 Å². The van der Waals surface area contributed by atoms with Crippen LogP contribution in [0, 0.1) is 10.1 Å². The first-order valence-corrected chi connectivity index (χ1v) is 10.4. The first kappa shape index (κ1) is 24.6. The summed E-state index contributed by atoms with van der Waals surface area (Å²) < 4.78 is 10.6. The fourth-order valence-electron chi connectivity index (χ4n) is 3.21. The van der Waals surface area contributed by atoms with Crippen molar-refractivity contribution in [2.24, 2.45) is 0 Å². The maximum atomic E-state index is 13.1. The van der Waals surface area contributed by atoms with Gasteiger partial charge in [-0.2, -0.15) is 0 Å². The van der Waals surface area contributed by atoms with Gasteiger partial charge in [0.1, 0.15) is 11.8 Å². The van der Waals surface area contributed by atoms with Crippen molar-refractivity contribution >= 4 is 17.5 Å². The molecule has 0 bridgehead atoms. The Hall–Kier alpha value is -3.62. The number of nitrogens with one attached hydrogen (secondary N) is 1. The van der Waals surface area contributed by atoms with E-state index in [-0.39, 0.29) is 48.2 Å². The molecule has 2 aromatic carbocycles. The van der Waals surface area contributed by atoms with Gasteiger partial charge < -0.3 is 19.7 Å². The van der Waals surface area contributed by atoms with Crippen LogP contribution < -0.4 is 14.8 Å². The molecule has 32 heavy (non-hydrogen) atoms. The van der Waals surface area contributed by atoms with Crippen LogP contribution in [0.2, 0.25) is 0 Å². The summed E-state index contributed by atoms with van der Waals surface area (Å²) in [6, 6.07) is 12.7. The third-order valence-electron chi connectivity index (χ3n) is 4.72. The van der Waals surface area contributed by atoms with Gasteiger partial charge in [-0.05, 0) is 31.9 Å². The molecule has 2 amide bonds. The van der Waals surface area contributed by atoms with Crippen molar-refractivity contribution in [2.45, 2.75) is 45.8 Å². The number of amides is 2. The summed E-state index contributed by atoms with van der Waals surface area (Å²) in [7, 11) is 1.32. The number of ether oxygens (including phenoxy) is 2. The predicted octanol–water partition coefficient (Wildman–Crippen LogP) is 3.31. The lowest BCUT2D eigenvalue weighted by molar-refractivity contribution is -0.385. The molecule has 0 unspecified atom stereocenters. The van der Waals surface area contributed by atoms with Gasteiger partial charge >= 0.3 is 5.69 Å². The number of carbonyl (C=O) groups is 2. The van der Waals surface area contributed by atoms with Crippen molar-refractivity contribution in [1.82, 2.24) is 10.2 Å². The first-order valence-electron chi connectivity index (χ1n) is 10.4. The van der Waals surface area contributed by atoms with Crippen molar-refractivity contribution in [3.05, 3.63) is 64.2 Å². The molecule has 0 fully saturated rings. The van der Waals surface area contributed by atoms with Gasteiger partial charge in [0.25, 0.3) is 5.91 Å². The van der Waals surface area contributed by atoms with E-state index >= 15 is 0 Å². The normalized spacial score (nSPS) is 11.5. The second-order valence-corrected chi connectivity index (χ2v) is 7.47. The zero-order valence-electron chi connectivity index (χ0n) is 18.7. The number of nitrogens with zero attached hydrogens (tertiary/aromatic N) is 2. The van der Waals surface area contributed by atoms with Crippen molar-refractivity contribution in [1.29, 1.82) is 0 Å². The van der Waals surface area contributed by atoms with Crippen LogP contribution in [0.15, 0.2) is 48.5 Å². The lowest BCUT2D eigenvalue weighted by Gasteiger charge is -2.31. The molecule has 2 aromatic rings. The molecule has 0 saturated carbocycles. The molecule has 0 spiro atoms. The Morgan fingerprint density at radius 3 is 2.41 bits per heavy atom. The maximum absolute atomic E-state index is 13.1. The SMILES string of the molecule is CC[C@H](C(=O)NC(C)C)N(Cc1ccccc1)C(=O)COc1ccc([N+](=O)[O-])c(OC)c1. The van der Waals surface area contributed by atoms with E-state index in [2.05, 4.69) is 5.32 Å². The number of nitro benzene ring substituents is 1. The highest BCUT2D eigenvalue weighted by Gasteiger charge is 2.29. The Morgan fingerprint density at radius 1 is 1.16 bits per heavy atom. The van der Waals surface area contributed by atoms with Gasteiger partial charge in [-0.15, -0.1) is 0 Å². The first-order chi connectivity index (χ1) is 15.3. The lowest BCUT2D eigenvalue weighted by Crippen LogP contribution is -2.51. The van der Waals surface area contributed by atoms with E-state index in [1.165, 1.54) is 30.2 Å². The molecule has 9 nitrogen and oxygen atoms in total. The molecule has 0 radical (unpaired) electrons. The van der Waals surface area contributed by atoms with Gasteiger partial charge in [0.15, 0.2) is 6.61 Å². The average Bonchev–Trinajstić information content (AvgIpc) is 2.77. The van der Waals surface area contributed by atoms with E-state index in [1.807, 2.05) is 51.1 Å². The van der Waals surface area contributed by atoms with E-state index in [0.29, 0.717) is 6.42 Å². The molecule has 2 rings (SSSR count). The van der Waals surface area contributed by atoms with Gasteiger partial charge in [-0.1, -0.05) is 37.3 Å². The monoisotopic (exact) mass is 443 g/mol. The van der Waals surface area contributed by atoms with Crippen LogP contribution in [0.1, 0.15) is 32.8 Å². The molecule has 1 atom stereocenters. The number of carbonyl (C=O) groups excluding carboxylic acids is 2. The number of benzene rings is 2. The maximum Gasteiger partial charge on any atom is 0.311 e. The van der Waals surface area contributed by atoms with E-state index in [1.54, 1.807) is 0 Å². The molecule has 0 aromatic heterocycles. The molecule has 9 heteroatoms. The Balaban J connectivity index is 2.21. The highest BCUT2D eigenvalue weighted by Crippen LogP contribution is 2.30. The second kappa shape index (κ2) is 11.7. The summed E-state index contributed by atoms with van der Waals surface area (Å²) in [6.45, 7) is 5.48. The van der Waals surface area contributed by atoms with Crippen LogP contribution in [-0.4, -0.2) is 47.4 Å². The van der Waals surface area contributed by atoms with E-state index in [9.17, 15) is 19.7 Å². The minimum Gasteiger partial charge on any atom is -0.490 e. The molecule has 0 saturated heterocycles. The average molecular weight is 444 g/mol. The summed E-state index contributed by atoms with van der Waals surface area (Å²) in [5, 5.41) is 13.9. The fourth-order valence-corrected chi connectivity index (χ4v) is 3.21. The highest BCUT2D eigenvalue weighted by molar-refractivity contribution is 5.88. The minimum absolute atomic E-state index is 0.0313. The minimum atomic E-state index is -0.667.